The molecule has 0 saturated heterocycles. The van der Waals surface area contributed by atoms with E-state index in [2.05, 4.69) is 6.92 Å². The highest BCUT2D eigenvalue weighted by molar-refractivity contribution is 7.86. The minimum absolute atomic E-state index is 0.335. The minimum Gasteiger partial charge on any atom is -0.506 e. The fourth-order valence-corrected chi connectivity index (χ4v) is 4.23. The zero-order valence-corrected chi connectivity index (χ0v) is 19.6. The summed E-state index contributed by atoms with van der Waals surface area (Å²) in [5.74, 6) is -0.145. The van der Waals surface area contributed by atoms with Gasteiger partial charge in [0.1, 0.15) is 16.4 Å². The number of aromatic hydroxyl groups is 1. The normalized spacial score (nSPS) is 11.7. The smallest absolute Gasteiger partial charge is 0.298 e. The van der Waals surface area contributed by atoms with Gasteiger partial charge in [0, 0.05) is 6.07 Å². The van der Waals surface area contributed by atoms with E-state index in [-0.39, 0.29) is 0 Å². The van der Waals surface area contributed by atoms with Crippen molar-refractivity contribution in [2.24, 2.45) is 0 Å². The summed E-state index contributed by atoms with van der Waals surface area (Å²) in [5.41, 5.74) is 0. The Balaban J connectivity index is 1.92. The Hall–Kier alpha value is -1.27. The maximum atomic E-state index is 11.2. The first kappa shape index (κ1) is 26.8. The Labute approximate surface area is 184 Å². The Kier molecular flexibility index (Phi) is 14.7. The molecule has 0 bridgehead atoms. The number of unbranched alkanes of at least 4 members (excludes halogenated alkanes) is 15. The van der Waals surface area contributed by atoms with E-state index in [1.807, 2.05) is 0 Å². The van der Waals surface area contributed by atoms with Gasteiger partial charge in [0.25, 0.3) is 10.1 Å². The third kappa shape index (κ3) is 13.1. The van der Waals surface area contributed by atoms with Crippen molar-refractivity contribution in [3.63, 3.8) is 0 Å². The SMILES string of the molecule is CCCCCCCCCCCCCCCCCCOc1ccc(O)c(S(=O)(=O)O)c1. The Morgan fingerprint density at radius 2 is 1.17 bits per heavy atom. The molecule has 2 N–H and O–H groups in total. The van der Waals surface area contributed by atoms with Crippen LogP contribution in [-0.2, 0) is 10.1 Å². The molecule has 6 heteroatoms. The predicted octanol–water partition coefficient (Wildman–Crippen LogP) is 7.28. The molecule has 0 aliphatic heterocycles. The molecule has 0 spiro atoms. The van der Waals surface area contributed by atoms with Crippen molar-refractivity contribution in [3.05, 3.63) is 18.2 Å². The van der Waals surface area contributed by atoms with E-state index < -0.39 is 20.8 Å². The molecule has 0 aliphatic rings. The lowest BCUT2D eigenvalue weighted by molar-refractivity contribution is 0.302. The van der Waals surface area contributed by atoms with Crippen molar-refractivity contribution >= 4 is 10.1 Å². The number of hydrogen-bond acceptors (Lipinski definition) is 4. The topological polar surface area (TPSA) is 83.8 Å². The molecule has 0 amide bonds. The summed E-state index contributed by atoms with van der Waals surface area (Å²) >= 11 is 0. The van der Waals surface area contributed by atoms with Crippen LogP contribution in [0.25, 0.3) is 0 Å². The van der Waals surface area contributed by atoms with Crippen LogP contribution >= 0.6 is 0 Å². The summed E-state index contributed by atoms with van der Waals surface area (Å²) in [6, 6.07) is 3.86. The van der Waals surface area contributed by atoms with Gasteiger partial charge >= 0.3 is 0 Å². The van der Waals surface area contributed by atoms with E-state index >= 15 is 0 Å². The van der Waals surface area contributed by atoms with Crippen LogP contribution in [-0.4, -0.2) is 24.7 Å². The first-order chi connectivity index (χ1) is 14.4. The minimum atomic E-state index is -4.45. The maximum Gasteiger partial charge on any atom is 0.298 e. The van der Waals surface area contributed by atoms with Crippen LogP contribution in [0.1, 0.15) is 110 Å². The fraction of sp³-hybridized carbons (Fsp3) is 0.750. The first-order valence-corrected chi connectivity index (χ1v) is 13.3. The maximum absolute atomic E-state index is 11.2. The lowest BCUT2D eigenvalue weighted by Gasteiger charge is -2.08. The average molecular weight is 443 g/mol. The molecule has 1 aromatic carbocycles. The van der Waals surface area contributed by atoms with Gasteiger partial charge in [-0.05, 0) is 18.6 Å². The summed E-state index contributed by atoms with van der Waals surface area (Å²) < 4.78 is 37.0. The van der Waals surface area contributed by atoms with Crippen molar-refractivity contribution in [3.8, 4) is 11.5 Å². The van der Waals surface area contributed by atoms with Gasteiger partial charge in [0.05, 0.1) is 6.61 Å². The van der Waals surface area contributed by atoms with E-state index in [4.69, 9.17) is 9.29 Å². The second-order valence-electron chi connectivity index (χ2n) is 8.26. The highest BCUT2D eigenvalue weighted by Gasteiger charge is 2.16. The van der Waals surface area contributed by atoms with Gasteiger partial charge in [-0.1, -0.05) is 103 Å². The number of benzene rings is 1. The fourth-order valence-electron chi connectivity index (χ4n) is 3.63. The summed E-state index contributed by atoms with van der Waals surface area (Å²) in [5, 5.41) is 9.50. The third-order valence-electron chi connectivity index (χ3n) is 5.48. The van der Waals surface area contributed by atoms with Gasteiger partial charge in [-0.25, -0.2) is 0 Å². The summed E-state index contributed by atoms with van der Waals surface area (Å²) in [7, 11) is -4.45. The quantitative estimate of drug-likeness (QED) is 0.174. The van der Waals surface area contributed by atoms with Gasteiger partial charge < -0.3 is 9.84 Å². The van der Waals surface area contributed by atoms with Crippen molar-refractivity contribution < 1.29 is 22.8 Å². The summed E-state index contributed by atoms with van der Waals surface area (Å²) in [4.78, 5) is -0.521. The van der Waals surface area contributed by atoms with Crippen LogP contribution in [0, 0.1) is 0 Å². The van der Waals surface area contributed by atoms with Crippen molar-refractivity contribution in [1.82, 2.24) is 0 Å². The monoisotopic (exact) mass is 442 g/mol. The zero-order chi connectivity index (χ0) is 22.1. The van der Waals surface area contributed by atoms with Crippen LogP contribution in [0.3, 0.4) is 0 Å². The highest BCUT2D eigenvalue weighted by Crippen LogP contribution is 2.27. The van der Waals surface area contributed by atoms with E-state index in [9.17, 15) is 13.5 Å². The number of ether oxygens (including phenoxy) is 1. The molecule has 0 radical (unpaired) electrons. The predicted molar refractivity (Wildman–Crippen MR) is 123 cm³/mol. The number of phenols is 1. The highest BCUT2D eigenvalue weighted by atomic mass is 32.2. The van der Waals surface area contributed by atoms with E-state index in [0.29, 0.717) is 12.4 Å². The lowest BCUT2D eigenvalue weighted by atomic mass is 10.0. The van der Waals surface area contributed by atoms with E-state index in [1.54, 1.807) is 0 Å². The Bertz CT molecular complexity index is 658. The molecule has 30 heavy (non-hydrogen) atoms. The van der Waals surface area contributed by atoms with Crippen LogP contribution in [0.5, 0.6) is 11.5 Å². The molecule has 1 rings (SSSR count). The molecule has 174 valence electrons. The molecule has 0 saturated carbocycles. The summed E-state index contributed by atoms with van der Waals surface area (Å²) in [6.07, 6.45) is 21.0. The second kappa shape index (κ2) is 16.4. The van der Waals surface area contributed by atoms with Gasteiger partial charge in [-0.15, -0.1) is 0 Å². The van der Waals surface area contributed by atoms with Crippen LogP contribution in [0.2, 0.25) is 0 Å². The Morgan fingerprint density at radius 1 is 0.733 bits per heavy atom. The second-order valence-corrected chi connectivity index (χ2v) is 9.65. The largest absolute Gasteiger partial charge is 0.506 e. The van der Waals surface area contributed by atoms with Crippen LogP contribution < -0.4 is 4.74 Å². The van der Waals surface area contributed by atoms with Crippen molar-refractivity contribution in [2.75, 3.05) is 6.61 Å². The molecular weight excluding hydrogens is 400 g/mol. The van der Waals surface area contributed by atoms with Gasteiger partial charge in [-0.2, -0.15) is 8.42 Å². The molecule has 0 atom stereocenters. The van der Waals surface area contributed by atoms with Gasteiger partial charge in [-0.3, -0.25) is 4.55 Å². The Morgan fingerprint density at radius 3 is 1.60 bits per heavy atom. The molecule has 0 aromatic heterocycles. The number of rotatable bonds is 19. The average Bonchev–Trinajstić information content (AvgIpc) is 2.70. The molecule has 5 nitrogen and oxygen atoms in total. The third-order valence-corrected chi connectivity index (χ3v) is 6.36. The number of hydrogen-bond donors (Lipinski definition) is 2. The zero-order valence-electron chi connectivity index (χ0n) is 18.8. The molecule has 0 fully saturated rings. The molecule has 0 aliphatic carbocycles. The van der Waals surface area contributed by atoms with Crippen molar-refractivity contribution in [2.45, 2.75) is 115 Å². The van der Waals surface area contributed by atoms with Gasteiger partial charge in [0.2, 0.25) is 0 Å². The lowest BCUT2D eigenvalue weighted by Crippen LogP contribution is -2.01. The first-order valence-electron chi connectivity index (χ1n) is 11.9. The molecule has 0 heterocycles. The van der Waals surface area contributed by atoms with E-state index in [1.165, 1.54) is 102 Å². The van der Waals surface area contributed by atoms with E-state index in [0.717, 1.165) is 18.9 Å². The number of phenolic OH excluding ortho intramolecular Hbond substituents is 1. The molecule has 1 aromatic rings. The molecule has 0 unspecified atom stereocenters. The standard InChI is InChI=1S/C24H42O5S/c1-2-3-4-5-6-7-8-9-10-11-12-13-14-15-16-17-20-29-22-18-19-23(25)24(21-22)30(26,27)28/h18-19,21,25H,2-17,20H2,1H3,(H,26,27,28). The van der Waals surface area contributed by atoms with Crippen LogP contribution in [0.15, 0.2) is 23.1 Å². The summed E-state index contributed by atoms with van der Waals surface area (Å²) in [6.45, 7) is 2.76. The van der Waals surface area contributed by atoms with Gasteiger partial charge in [0.15, 0.2) is 0 Å². The van der Waals surface area contributed by atoms with Crippen molar-refractivity contribution in [1.29, 1.82) is 0 Å². The van der Waals surface area contributed by atoms with Crippen LogP contribution in [0.4, 0.5) is 0 Å². The molecular formula is C24H42O5S.